The van der Waals surface area contributed by atoms with Gasteiger partial charge in [0.1, 0.15) is 17.8 Å². The number of carbonyl (C=O) groups is 1. The SMILES string of the molecule is COOCC(C#N)C(C(=O)OC1C(C)CC(C)CC1C)c1nc(-c2ccc(C)cc2)n[nH]1. The minimum Gasteiger partial charge on any atom is -0.461 e. The second-order valence-electron chi connectivity index (χ2n) is 9.01. The average Bonchev–Trinajstić information content (AvgIpc) is 3.23. The number of nitrogens with one attached hydrogen (secondary N) is 1. The fraction of sp³-hybridized carbons (Fsp3) is 0.583. The maximum atomic E-state index is 13.4. The van der Waals surface area contributed by atoms with E-state index in [4.69, 9.17) is 9.62 Å². The summed E-state index contributed by atoms with van der Waals surface area (Å²) >= 11 is 0. The minimum absolute atomic E-state index is 0.0971. The van der Waals surface area contributed by atoms with Crippen molar-refractivity contribution in [2.75, 3.05) is 13.7 Å². The van der Waals surface area contributed by atoms with E-state index in [1.807, 2.05) is 31.2 Å². The van der Waals surface area contributed by atoms with Gasteiger partial charge < -0.3 is 4.74 Å². The molecule has 172 valence electrons. The van der Waals surface area contributed by atoms with Crippen LogP contribution in [0.2, 0.25) is 0 Å². The predicted octanol–water partition coefficient (Wildman–Crippen LogP) is 4.20. The van der Waals surface area contributed by atoms with Gasteiger partial charge in [-0.05, 0) is 37.5 Å². The summed E-state index contributed by atoms with van der Waals surface area (Å²) in [6.45, 7) is 8.35. The minimum atomic E-state index is -0.972. The van der Waals surface area contributed by atoms with Crippen LogP contribution in [0.15, 0.2) is 24.3 Å². The van der Waals surface area contributed by atoms with Crippen LogP contribution in [0.5, 0.6) is 0 Å². The molecule has 1 aromatic heterocycles. The highest BCUT2D eigenvalue weighted by Crippen LogP contribution is 2.36. The van der Waals surface area contributed by atoms with E-state index >= 15 is 0 Å². The van der Waals surface area contributed by atoms with Crippen LogP contribution in [0, 0.1) is 41.9 Å². The number of esters is 1. The van der Waals surface area contributed by atoms with Crippen molar-refractivity contribution >= 4 is 5.97 Å². The molecule has 4 atom stereocenters. The highest BCUT2D eigenvalue weighted by molar-refractivity contribution is 5.78. The molecule has 8 heteroatoms. The number of nitriles is 1. The molecule has 1 heterocycles. The monoisotopic (exact) mass is 440 g/mol. The van der Waals surface area contributed by atoms with Crippen LogP contribution in [-0.4, -0.2) is 41.0 Å². The number of nitrogens with zero attached hydrogens (tertiary/aromatic N) is 3. The third-order valence-electron chi connectivity index (χ3n) is 6.22. The van der Waals surface area contributed by atoms with Crippen molar-refractivity contribution in [2.45, 2.75) is 52.6 Å². The molecule has 0 saturated heterocycles. The van der Waals surface area contributed by atoms with Gasteiger partial charge in [-0.25, -0.2) is 14.8 Å². The lowest BCUT2D eigenvalue weighted by molar-refractivity contribution is -0.278. The second-order valence-corrected chi connectivity index (χ2v) is 9.01. The first kappa shape index (κ1) is 23.9. The van der Waals surface area contributed by atoms with E-state index in [2.05, 4.69) is 46.9 Å². The summed E-state index contributed by atoms with van der Waals surface area (Å²) in [5.41, 5.74) is 1.94. The highest BCUT2D eigenvalue weighted by Gasteiger charge is 2.40. The zero-order valence-corrected chi connectivity index (χ0v) is 19.4. The summed E-state index contributed by atoms with van der Waals surface area (Å²) in [4.78, 5) is 27.6. The number of benzene rings is 1. The van der Waals surface area contributed by atoms with E-state index in [9.17, 15) is 10.1 Å². The summed E-state index contributed by atoms with van der Waals surface area (Å²) in [5.74, 6) is -0.509. The lowest BCUT2D eigenvalue weighted by Crippen LogP contribution is -2.40. The van der Waals surface area contributed by atoms with Crippen molar-refractivity contribution in [3.05, 3.63) is 35.7 Å². The van der Waals surface area contributed by atoms with Crippen LogP contribution in [-0.2, 0) is 19.3 Å². The molecule has 4 unspecified atom stereocenters. The number of aromatic amines is 1. The van der Waals surface area contributed by atoms with E-state index in [0.717, 1.165) is 24.0 Å². The average molecular weight is 441 g/mol. The van der Waals surface area contributed by atoms with Crippen LogP contribution < -0.4 is 0 Å². The van der Waals surface area contributed by atoms with E-state index in [0.29, 0.717) is 11.7 Å². The third kappa shape index (κ3) is 5.53. The molecule has 0 radical (unpaired) electrons. The predicted molar refractivity (Wildman–Crippen MR) is 118 cm³/mol. The molecule has 1 N–H and O–H groups in total. The molecule has 0 amide bonds. The molecule has 0 bridgehead atoms. The first-order valence-electron chi connectivity index (χ1n) is 11.1. The van der Waals surface area contributed by atoms with Crippen molar-refractivity contribution in [1.82, 2.24) is 15.2 Å². The molecule has 1 saturated carbocycles. The van der Waals surface area contributed by atoms with E-state index in [1.165, 1.54) is 7.11 Å². The standard InChI is InChI=1S/C24H32N4O4/c1-14-6-8-18(9-7-14)22-26-23(28-27-22)20(19(12-25)13-31-30-5)24(29)32-21-16(3)10-15(2)11-17(21)4/h6-9,15-17,19-21H,10-11,13H2,1-5H3,(H,26,27,28). The zero-order chi connectivity index (χ0) is 23.3. The van der Waals surface area contributed by atoms with Crippen LogP contribution in [0.25, 0.3) is 11.4 Å². The van der Waals surface area contributed by atoms with Crippen molar-refractivity contribution < 1.29 is 19.3 Å². The maximum Gasteiger partial charge on any atom is 0.318 e. The Morgan fingerprint density at radius 2 is 1.88 bits per heavy atom. The molecule has 1 aliphatic carbocycles. The molecule has 1 aromatic carbocycles. The lowest BCUT2D eigenvalue weighted by Gasteiger charge is -2.38. The lowest BCUT2D eigenvalue weighted by atomic mass is 9.75. The molecule has 8 nitrogen and oxygen atoms in total. The molecule has 1 fully saturated rings. The molecule has 32 heavy (non-hydrogen) atoms. The summed E-state index contributed by atoms with van der Waals surface area (Å²) in [6.07, 6.45) is 1.80. The number of aromatic nitrogens is 3. The van der Waals surface area contributed by atoms with Crippen LogP contribution in [0.1, 0.15) is 50.9 Å². The van der Waals surface area contributed by atoms with Gasteiger partial charge in [0.25, 0.3) is 0 Å². The smallest absolute Gasteiger partial charge is 0.318 e. The van der Waals surface area contributed by atoms with Gasteiger partial charge in [0.15, 0.2) is 5.82 Å². The first-order chi connectivity index (χ1) is 15.3. The Hall–Kier alpha value is -2.76. The van der Waals surface area contributed by atoms with Crippen molar-refractivity contribution in [2.24, 2.45) is 23.7 Å². The van der Waals surface area contributed by atoms with Crippen LogP contribution in [0.3, 0.4) is 0 Å². The van der Waals surface area contributed by atoms with E-state index < -0.39 is 17.8 Å². The Balaban J connectivity index is 1.88. The van der Waals surface area contributed by atoms with Gasteiger partial charge in [0, 0.05) is 5.56 Å². The van der Waals surface area contributed by atoms with Crippen molar-refractivity contribution in [1.29, 1.82) is 5.26 Å². The number of ether oxygens (including phenoxy) is 1. The molecule has 1 aliphatic rings. The fourth-order valence-electron chi connectivity index (χ4n) is 4.70. The van der Waals surface area contributed by atoms with Crippen LogP contribution >= 0.6 is 0 Å². The summed E-state index contributed by atoms with van der Waals surface area (Å²) < 4.78 is 6.00. The quantitative estimate of drug-likeness (QED) is 0.372. The first-order valence-corrected chi connectivity index (χ1v) is 11.1. The number of H-pyrrole nitrogens is 1. The van der Waals surface area contributed by atoms with Crippen LogP contribution in [0.4, 0.5) is 0 Å². The fourth-order valence-corrected chi connectivity index (χ4v) is 4.70. The molecular weight excluding hydrogens is 408 g/mol. The molecule has 3 rings (SSSR count). The molecular formula is C24H32N4O4. The molecule has 0 spiro atoms. The van der Waals surface area contributed by atoms with Gasteiger partial charge in [-0.15, -0.1) is 0 Å². The summed E-state index contributed by atoms with van der Waals surface area (Å²) in [7, 11) is 1.36. The van der Waals surface area contributed by atoms with Crippen molar-refractivity contribution in [3.8, 4) is 17.5 Å². The van der Waals surface area contributed by atoms with Gasteiger partial charge in [-0.1, -0.05) is 50.6 Å². The Bertz CT molecular complexity index is 924. The van der Waals surface area contributed by atoms with Gasteiger partial charge in [0.2, 0.25) is 0 Å². The van der Waals surface area contributed by atoms with Gasteiger partial charge >= 0.3 is 5.97 Å². The largest absolute Gasteiger partial charge is 0.461 e. The van der Waals surface area contributed by atoms with Gasteiger partial charge in [0.05, 0.1) is 25.7 Å². The summed E-state index contributed by atoms with van der Waals surface area (Å²) in [5, 5.41) is 16.9. The van der Waals surface area contributed by atoms with Gasteiger partial charge in [-0.2, -0.15) is 10.4 Å². The normalized spacial score (nSPS) is 25.0. The topological polar surface area (TPSA) is 110 Å². The Morgan fingerprint density at radius 1 is 1.22 bits per heavy atom. The highest BCUT2D eigenvalue weighted by atomic mass is 17.2. The Kier molecular flexibility index (Phi) is 7.99. The van der Waals surface area contributed by atoms with Gasteiger partial charge in [-0.3, -0.25) is 9.89 Å². The number of rotatable bonds is 8. The zero-order valence-electron chi connectivity index (χ0n) is 19.4. The maximum absolute atomic E-state index is 13.4. The van der Waals surface area contributed by atoms with Crippen molar-refractivity contribution in [3.63, 3.8) is 0 Å². The van der Waals surface area contributed by atoms with E-state index in [1.54, 1.807) is 0 Å². The molecule has 2 aromatic rings. The third-order valence-corrected chi connectivity index (χ3v) is 6.22. The number of hydrogen-bond acceptors (Lipinski definition) is 7. The Morgan fingerprint density at radius 3 is 2.47 bits per heavy atom. The number of hydrogen-bond donors (Lipinski definition) is 1. The second kappa shape index (κ2) is 10.7. The molecule has 0 aliphatic heterocycles. The van der Waals surface area contributed by atoms with E-state index in [-0.39, 0.29) is 30.4 Å². The Labute approximate surface area is 189 Å². The summed E-state index contributed by atoms with van der Waals surface area (Å²) in [6, 6.07) is 9.91. The number of aryl methyl sites for hydroxylation is 1. The number of carbonyl (C=O) groups excluding carboxylic acids is 1.